The van der Waals surface area contributed by atoms with Crippen LogP contribution in [0.1, 0.15) is 29.3 Å². The van der Waals surface area contributed by atoms with Gasteiger partial charge in [-0.2, -0.15) is 9.82 Å². The van der Waals surface area contributed by atoms with Gasteiger partial charge in [-0.15, -0.1) is 11.3 Å². The molecule has 2 aromatic rings. The summed E-state index contributed by atoms with van der Waals surface area (Å²) >= 11 is 0.735. The second kappa shape index (κ2) is 5.03. The van der Waals surface area contributed by atoms with Crippen LogP contribution in [0.2, 0.25) is 0 Å². The Kier molecular flexibility index (Phi) is 3.59. The molecule has 0 aliphatic carbocycles. The number of rotatable bonds is 5. The third-order valence-electron chi connectivity index (χ3n) is 2.16. The van der Waals surface area contributed by atoms with E-state index in [9.17, 15) is 13.2 Å². The van der Waals surface area contributed by atoms with E-state index in [0.717, 1.165) is 16.8 Å². The number of hydrogen-bond donors (Lipinski definition) is 3. The molecule has 102 valence electrons. The highest BCUT2D eigenvalue weighted by molar-refractivity contribution is 7.91. The molecule has 1 atom stereocenters. The standard InChI is InChI=1S/C8H9N5O4S2/c1-4(6-9-2-11-12-6)13-19(16,17)8-5(7(14)15)10-3-18-8/h2-4,13H,1H3,(H,14,15)(H,9,11,12). The summed E-state index contributed by atoms with van der Waals surface area (Å²) in [5, 5.41) is 15.0. The average Bonchev–Trinajstić information content (AvgIpc) is 3.00. The lowest BCUT2D eigenvalue weighted by atomic mass is 10.3. The summed E-state index contributed by atoms with van der Waals surface area (Å²) < 4.78 is 26.1. The van der Waals surface area contributed by atoms with E-state index >= 15 is 0 Å². The van der Waals surface area contributed by atoms with Crippen LogP contribution in [-0.4, -0.2) is 39.7 Å². The number of aromatic nitrogens is 4. The van der Waals surface area contributed by atoms with Gasteiger partial charge >= 0.3 is 5.97 Å². The molecule has 2 heterocycles. The van der Waals surface area contributed by atoms with Gasteiger partial charge < -0.3 is 5.11 Å². The van der Waals surface area contributed by atoms with Gasteiger partial charge in [-0.05, 0) is 6.92 Å². The SMILES string of the molecule is CC(NS(=O)(=O)c1scnc1C(=O)O)c1ncn[nH]1. The first-order valence-corrected chi connectivity index (χ1v) is 7.32. The molecule has 1 unspecified atom stereocenters. The molecule has 0 aliphatic rings. The molecular formula is C8H9N5O4S2. The van der Waals surface area contributed by atoms with Crippen LogP contribution in [0, 0.1) is 0 Å². The van der Waals surface area contributed by atoms with Crippen LogP contribution >= 0.6 is 11.3 Å². The van der Waals surface area contributed by atoms with Gasteiger partial charge in [0, 0.05) is 0 Å². The van der Waals surface area contributed by atoms with Crippen molar-refractivity contribution in [1.29, 1.82) is 0 Å². The molecule has 0 saturated heterocycles. The Morgan fingerprint density at radius 2 is 2.26 bits per heavy atom. The highest BCUT2D eigenvalue weighted by atomic mass is 32.2. The molecule has 0 fully saturated rings. The van der Waals surface area contributed by atoms with Gasteiger partial charge in [0.15, 0.2) is 9.90 Å². The Bertz CT molecular complexity index is 678. The van der Waals surface area contributed by atoms with Crippen molar-refractivity contribution in [3.8, 4) is 0 Å². The summed E-state index contributed by atoms with van der Waals surface area (Å²) in [6.07, 6.45) is 1.25. The number of carboxylic acids is 1. The Morgan fingerprint density at radius 1 is 1.53 bits per heavy atom. The Morgan fingerprint density at radius 3 is 2.84 bits per heavy atom. The fraction of sp³-hybridized carbons (Fsp3) is 0.250. The molecule has 3 N–H and O–H groups in total. The molecule has 0 radical (unpaired) electrons. The van der Waals surface area contributed by atoms with Crippen LogP contribution in [0.5, 0.6) is 0 Å². The monoisotopic (exact) mass is 303 g/mol. The number of aromatic carboxylic acids is 1. The summed E-state index contributed by atoms with van der Waals surface area (Å²) in [4.78, 5) is 18.2. The Hall–Kier alpha value is -1.85. The zero-order valence-electron chi connectivity index (χ0n) is 9.56. The minimum atomic E-state index is -3.98. The lowest BCUT2D eigenvalue weighted by Crippen LogP contribution is -2.28. The van der Waals surface area contributed by atoms with Crippen LogP contribution in [0.25, 0.3) is 0 Å². The van der Waals surface area contributed by atoms with Crippen LogP contribution in [0.3, 0.4) is 0 Å². The van der Waals surface area contributed by atoms with E-state index in [1.807, 2.05) is 0 Å². The fourth-order valence-electron chi connectivity index (χ4n) is 1.33. The van der Waals surface area contributed by atoms with Crippen molar-refractivity contribution in [1.82, 2.24) is 24.9 Å². The minimum Gasteiger partial charge on any atom is -0.476 e. The number of thiazole rings is 1. The molecule has 11 heteroatoms. The third-order valence-corrected chi connectivity index (χ3v) is 5.07. The zero-order valence-corrected chi connectivity index (χ0v) is 11.2. The summed E-state index contributed by atoms with van der Waals surface area (Å²) in [5.41, 5.74) is 0.666. The molecule has 0 bridgehead atoms. The number of hydrogen-bond acceptors (Lipinski definition) is 7. The number of nitrogens with one attached hydrogen (secondary N) is 2. The lowest BCUT2D eigenvalue weighted by molar-refractivity contribution is 0.0687. The molecule has 0 aromatic carbocycles. The van der Waals surface area contributed by atoms with Crippen molar-refractivity contribution in [2.45, 2.75) is 17.2 Å². The molecule has 0 aliphatic heterocycles. The van der Waals surface area contributed by atoms with Crippen molar-refractivity contribution in [3.05, 3.63) is 23.4 Å². The largest absolute Gasteiger partial charge is 0.476 e. The second-order valence-corrected chi connectivity index (χ2v) is 6.27. The number of nitrogens with zero attached hydrogens (tertiary/aromatic N) is 3. The Labute approximate surface area is 111 Å². The van der Waals surface area contributed by atoms with Gasteiger partial charge in [0.05, 0.1) is 11.6 Å². The molecule has 0 saturated carbocycles. The van der Waals surface area contributed by atoms with Gasteiger partial charge in [0.25, 0.3) is 10.0 Å². The van der Waals surface area contributed by atoms with E-state index < -0.39 is 27.7 Å². The van der Waals surface area contributed by atoms with Crippen molar-refractivity contribution in [3.63, 3.8) is 0 Å². The topological polar surface area (TPSA) is 138 Å². The highest BCUT2D eigenvalue weighted by Gasteiger charge is 2.27. The summed E-state index contributed by atoms with van der Waals surface area (Å²) in [6, 6.07) is -0.670. The molecule has 0 spiro atoms. The number of H-pyrrole nitrogens is 1. The Balaban J connectivity index is 2.28. The van der Waals surface area contributed by atoms with Crippen molar-refractivity contribution in [2.24, 2.45) is 0 Å². The highest BCUT2D eigenvalue weighted by Crippen LogP contribution is 2.21. The van der Waals surface area contributed by atoms with Gasteiger partial charge in [-0.3, -0.25) is 5.10 Å². The molecule has 2 rings (SSSR count). The average molecular weight is 303 g/mol. The fourth-order valence-corrected chi connectivity index (χ4v) is 3.70. The number of sulfonamides is 1. The van der Waals surface area contributed by atoms with E-state index in [4.69, 9.17) is 5.11 Å². The van der Waals surface area contributed by atoms with E-state index in [1.54, 1.807) is 6.92 Å². The van der Waals surface area contributed by atoms with E-state index in [-0.39, 0.29) is 4.21 Å². The van der Waals surface area contributed by atoms with Crippen molar-refractivity contribution in [2.75, 3.05) is 0 Å². The summed E-state index contributed by atoms with van der Waals surface area (Å²) in [5.74, 6) is -1.07. The first-order valence-electron chi connectivity index (χ1n) is 4.96. The van der Waals surface area contributed by atoms with Gasteiger partial charge in [0.1, 0.15) is 12.2 Å². The van der Waals surface area contributed by atoms with Gasteiger partial charge in [-0.1, -0.05) is 0 Å². The third kappa shape index (κ3) is 2.77. The lowest BCUT2D eigenvalue weighted by Gasteiger charge is -2.10. The van der Waals surface area contributed by atoms with Crippen molar-refractivity contribution >= 4 is 27.3 Å². The van der Waals surface area contributed by atoms with Crippen LogP contribution in [0.4, 0.5) is 0 Å². The maximum atomic E-state index is 12.1. The summed E-state index contributed by atoms with van der Waals surface area (Å²) in [7, 11) is -3.98. The van der Waals surface area contributed by atoms with Gasteiger partial charge in [-0.25, -0.2) is 23.2 Å². The smallest absolute Gasteiger partial charge is 0.356 e. The first-order chi connectivity index (χ1) is 8.92. The quantitative estimate of drug-likeness (QED) is 0.706. The molecular weight excluding hydrogens is 294 g/mol. The summed E-state index contributed by atoms with van der Waals surface area (Å²) in [6.45, 7) is 1.56. The molecule has 9 nitrogen and oxygen atoms in total. The van der Waals surface area contributed by atoms with E-state index in [2.05, 4.69) is 24.9 Å². The maximum absolute atomic E-state index is 12.1. The molecule has 2 aromatic heterocycles. The molecule has 0 amide bonds. The maximum Gasteiger partial charge on any atom is 0.356 e. The van der Waals surface area contributed by atoms with Gasteiger partial charge in [0.2, 0.25) is 0 Å². The number of carbonyl (C=O) groups is 1. The van der Waals surface area contributed by atoms with Crippen LogP contribution in [-0.2, 0) is 10.0 Å². The predicted molar refractivity (Wildman–Crippen MR) is 64.2 cm³/mol. The first kappa shape index (κ1) is 13.6. The van der Waals surface area contributed by atoms with Crippen LogP contribution < -0.4 is 4.72 Å². The van der Waals surface area contributed by atoms with Crippen molar-refractivity contribution < 1.29 is 18.3 Å². The zero-order chi connectivity index (χ0) is 14.0. The minimum absolute atomic E-state index is 0.324. The number of aromatic amines is 1. The second-order valence-electron chi connectivity index (χ2n) is 3.51. The predicted octanol–water partition coefficient (Wildman–Crippen LogP) is -0.00110. The van der Waals surface area contributed by atoms with E-state index in [1.165, 1.54) is 6.33 Å². The van der Waals surface area contributed by atoms with Crippen LogP contribution in [0.15, 0.2) is 16.0 Å². The molecule has 19 heavy (non-hydrogen) atoms. The normalized spacial score (nSPS) is 13.3. The number of carboxylic acid groups (broad SMARTS) is 1. The van der Waals surface area contributed by atoms with E-state index in [0.29, 0.717) is 5.82 Å².